The molecule has 1 saturated heterocycles. The van der Waals surface area contributed by atoms with Crippen molar-refractivity contribution in [2.75, 3.05) is 57.9 Å². The second-order valence-electron chi connectivity index (χ2n) is 7.14. The van der Waals surface area contributed by atoms with Crippen LogP contribution in [-0.4, -0.2) is 82.8 Å². The Bertz CT molecular complexity index is 524. The van der Waals surface area contributed by atoms with Crippen LogP contribution in [0.4, 0.5) is 0 Å². The van der Waals surface area contributed by atoms with E-state index >= 15 is 0 Å². The number of morpholine rings is 1. The van der Waals surface area contributed by atoms with Crippen LogP contribution < -0.4 is 10.6 Å². The van der Waals surface area contributed by atoms with E-state index in [1.54, 1.807) is 0 Å². The molecule has 1 aliphatic heterocycles. The molecule has 2 fully saturated rings. The predicted octanol–water partition coefficient (Wildman–Crippen LogP) is 0.621. The van der Waals surface area contributed by atoms with Crippen molar-refractivity contribution in [3.8, 4) is 0 Å². The molecule has 2 aliphatic rings. The van der Waals surface area contributed by atoms with Crippen LogP contribution in [0.15, 0.2) is 4.99 Å². The third-order valence-corrected chi connectivity index (χ3v) is 6.05. The van der Waals surface area contributed by atoms with Gasteiger partial charge in [0.25, 0.3) is 0 Å². The first-order chi connectivity index (χ1) is 12.0. The fourth-order valence-corrected chi connectivity index (χ4v) is 4.22. The molecule has 0 radical (unpaired) electrons. The summed E-state index contributed by atoms with van der Waals surface area (Å²) in [6.45, 7) is 7.48. The minimum Gasteiger partial charge on any atom is -0.379 e. The molecule has 0 amide bonds. The first-order valence-corrected chi connectivity index (χ1v) is 11.5. The van der Waals surface area contributed by atoms with Gasteiger partial charge in [0.2, 0.25) is 0 Å². The lowest BCUT2D eigenvalue weighted by atomic mass is 9.80. The number of nitrogens with one attached hydrogen (secondary N) is 2. The molecule has 25 heavy (non-hydrogen) atoms. The van der Waals surface area contributed by atoms with E-state index in [0.29, 0.717) is 12.5 Å². The van der Waals surface area contributed by atoms with Crippen molar-refractivity contribution >= 4 is 15.8 Å². The molecule has 0 aromatic rings. The predicted molar refractivity (Wildman–Crippen MR) is 102 cm³/mol. The van der Waals surface area contributed by atoms with E-state index in [0.717, 1.165) is 39.4 Å². The van der Waals surface area contributed by atoms with Crippen molar-refractivity contribution in [1.29, 1.82) is 0 Å². The van der Waals surface area contributed by atoms with Crippen molar-refractivity contribution < 1.29 is 13.2 Å². The van der Waals surface area contributed by atoms with Gasteiger partial charge >= 0.3 is 0 Å². The normalized spacial score (nSPS) is 22.6. The summed E-state index contributed by atoms with van der Waals surface area (Å²) >= 11 is 0. The number of guanidine groups is 1. The molecule has 2 N–H and O–H groups in total. The molecule has 8 heteroatoms. The van der Waals surface area contributed by atoms with Gasteiger partial charge in [-0.2, -0.15) is 0 Å². The highest BCUT2D eigenvalue weighted by molar-refractivity contribution is 7.90. The van der Waals surface area contributed by atoms with E-state index < -0.39 is 9.84 Å². The average molecular weight is 375 g/mol. The lowest BCUT2D eigenvalue weighted by molar-refractivity contribution is -0.0333. The highest BCUT2D eigenvalue weighted by Crippen LogP contribution is 2.34. The Labute approximate surface area is 152 Å². The summed E-state index contributed by atoms with van der Waals surface area (Å²) in [5.74, 6) is 0.829. The van der Waals surface area contributed by atoms with Crippen LogP contribution in [0.25, 0.3) is 0 Å². The minimum atomic E-state index is -2.97. The molecule has 0 aromatic heterocycles. The second-order valence-corrected chi connectivity index (χ2v) is 9.40. The van der Waals surface area contributed by atoms with Crippen LogP contribution in [0.3, 0.4) is 0 Å². The topological polar surface area (TPSA) is 83.0 Å². The summed E-state index contributed by atoms with van der Waals surface area (Å²) in [4.78, 5) is 7.39. The molecule has 7 nitrogen and oxygen atoms in total. The summed E-state index contributed by atoms with van der Waals surface area (Å²) in [5.41, 5.74) is 0.126. The summed E-state index contributed by atoms with van der Waals surface area (Å²) in [7, 11) is -2.97. The van der Waals surface area contributed by atoms with E-state index in [9.17, 15) is 8.42 Å². The van der Waals surface area contributed by atoms with Gasteiger partial charge in [-0.3, -0.25) is 9.89 Å². The maximum absolute atomic E-state index is 11.3. The van der Waals surface area contributed by atoms with Crippen molar-refractivity contribution in [3.05, 3.63) is 0 Å². The standard InChI is InChI=1S/C17H34N4O3S/c1-3-18-16(19-9-14-25(2,22)23)20-15-17(7-5-4-6-8-17)21-10-12-24-13-11-21/h3-15H2,1-2H3,(H2,18,19,20). The molecular weight excluding hydrogens is 340 g/mol. The first-order valence-electron chi connectivity index (χ1n) is 9.48. The van der Waals surface area contributed by atoms with Crippen molar-refractivity contribution in [2.45, 2.75) is 44.6 Å². The van der Waals surface area contributed by atoms with E-state index in [1.165, 1.54) is 38.4 Å². The lowest BCUT2D eigenvalue weighted by Gasteiger charge is -2.47. The Morgan fingerprint density at radius 1 is 1.16 bits per heavy atom. The summed E-state index contributed by atoms with van der Waals surface area (Å²) in [6, 6.07) is 0. The molecule has 0 spiro atoms. The number of aliphatic imine (C=N–C) groups is 1. The van der Waals surface area contributed by atoms with Crippen LogP contribution in [0.1, 0.15) is 39.0 Å². The zero-order valence-corrected chi connectivity index (χ0v) is 16.5. The zero-order chi connectivity index (χ0) is 18.2. The number of hydrogen-bond acceptors (Lipinski definition) is 5. The van der Waals surface area contributed by atoms with Crippen molar-refractivity contribution in [1.82, 2.24) is 15.5 Å². The van der Waals surface area contributed by atoms with Gasteiger partial charge in [0, 0.05) is 38.0 Å². The number of ether oxygens (including phenoxy) is 1. The van der Waals surface area contributed by atoms with Gasteiger partial charge in [-0.1, -0.05) is 19.3 Å². The van der Waals surface area contributed by atoms with E-state index in [4.69, 9.17) is 9.73 Å². The summed E-state index contributed by atoms with van der Waals surface area (Å²) in [6.07, 6.45) is 7.44. The van der Waals surface area contributed by atoms with Crippen LogP contribution >= 0.6 is 0 Å². The number of sulfone groups is 1. The van der Waals surface area contributed by atoms with Crippen LogP contribution in [-0.2, 0) is 14.6 Å². The van der Waals surface area contributed by atoms with E-state index in [1.807, 2.05) is 6.92 Å². The van der Waals surface area contributed by atoms with Gasteiger partial charge in [-0.15, -0.1) is 0 Å². The molecule has 1 aliphatic carbocycles. The van der Waals surface area contributed by atoms with Crippen molar-refractivity contribution in [3.63, 3.8) is 0 Å². The highest BCUT2D eigenvalue weighted by Gasteiger charge is 2.38. The van der Waals surface area contributed by atoms with Gasteiger partial charge in [0.15, 0.2) is 5.96 Å². The number of rotatable bonds is 7. The molecule has 0 unspecified atom stereocenters. The third kappa shape index (κ3) is 6.75. The van der Waals surface area contributed by atoms with Gasteiger partial charge in [0.05, 0.1) is 25.5 Å². The smallest absolute Gasteiger partial charge is 0.191 e. The Kier molecular flexibility index (Phi) is 7.96. The highest BCUT2D eigenvalue weighted by atomic mass is 32.2. The Morgan fingerprint density at radius 2 is 1.84 bits per heavy atom. The van der Waals surface area contributed by atoms with E-state index in [-0.39, 0.29) is 11.3 Å². The third-order valence-electron chi connectivity index (χ3n) is 5.11. The van der Waals surface area contributed by atoms with Gasteiger partial charge in [0.1, 0.15) is 9.84 Å². The SMILES string of the molecule is CCNC(=NCC1(N2CCOCC2)CCCCC1)NCCS(C)(=O)=O. The van der Waals surface area contributed by atoms with Crippen LogP contribution in [0.5, 0.6) is 0 Å². The van der Waals surface area contributed by atoms with E-state index in [2.05, 4.69) is 15.5 Å². The molecular formula is C17H34N4O3S. The Balaban J connectivity index is 2.02. The minimum absolute atomic E-state index is 0.117. The molecule has 2 rings (SSSR count). The van der Waals surface area contributed by atoms with Crippen LogP contribution in [0.2, 0.25) is 0 Å². The van der Waals surface area contributed by atoms with Gasteiger partial charge in [-0.25, -0.2) is 8.42 Å². The first kappa shape index (κ1) is 20.5. The van der Waals surface area contributed by atoms with Gasteiger partial charge < -0.3 is 15.4 Å². The monoisotopic (exact) mass is 374 g/mol. The molecule has 1 heterocycles. The van der Waals surface area contributed by atoms with Crippen LogP contribution in [0, 0.1) is 0 Å². The molecule has 1 saturated carbocycles. The molecule has 146 valence electrons. The van der Waals surface area contributed by atoms with Crippen molar-refractivity contribution in [2.24, 2.45) is 4.99 Å². The maximum atomic E-state index is 11.3. The fraction of sp³-hybridized carbons (Fsp3) is 0.941. The fourth-order valence-electron chi connectivity index (χ4n) is 3.74. The summed E-state index contributed by atoms with van der Waals surface area (Å²) < 4.78 is 28.2. The largest absolute Gasteiger partial charge is 0.379 e. The molecule has 0 bridgehead atoms. The zero-order valence-electron chi connectivity index (χ0n) is 15.7. The lowest BCUT2D eigenvalue weighted by Crippen LogP contribution is -2.56. The maximum Gasteiger partial charge on any atom is 0.191 e. The number of nitrogens with zero attached hydrogens (tertiary/aromatic N) is 2. The molecule has 0 aromatic carbocycles. The second kappa shape index (κ2) is 9.73. The average Bonchev–Trinajstić information content (AvgIpc) is 2.60. The number of hydrogen-bond donors (Lipinski definition) is 2. The Morgan fingerprint density at radius 3 is 2.44 bits per heavy atom. The van der Waals surface area contributed by atoms with Gasteiger partial charge in [-0.05, 0) is 19.8 Å². The Hall–Kier alpha value is -0.860. The quantitative estimate of drug-likeness (QED) is 0.502. The molecule has 0 atom stereocenters. The summed E-state index contributed by atoms with van der Waals surface area (Å²) in [5, 5.41) is 6.38.